The molecule has 6 nitrogen and oxygen atoms in total. The zero-order valence-electron chi connectivity index (χ0n) is 29.3. The highest BCUT2D eigenvalue weighted by molar-refractivity contribution is 6.99. The summed E-state index contributed by atoms with van der Waals surface area (Å²) in [6.45, 7) is 10.5. The smallest absolute Gasteiger partial charge is 0.261 e. The molecule has 5 atom stereocenters. The van der Waals surface area contributed by atoms with E-state index < -0.39 is 20.0 Å². The predicted octanol–water partition coefficient (Wildman–Crippen LogP) is 7.03. The van der Waals surface area contributed by atoms with E-state index >= 15 is 0 Å². The molecule has 49 heavy (non-hydrogen) atoms. The van der Waals surface area contributed by atoms with Crippen molar-refractivity contribution in [1.29, 1.82) is 0 Å². The second kappa shape index (κ2) is 15.6. The molecule has 2 saturated heterocycles. The molecule has 2 aliphatic heterocycles. The molecule has 7 heteroatoms. The van der Waals surface area contributed by atoms with Crippen LogP contribution in [-0.2, 0) is 41.4 Å². The summed E-state index contributed by atoms with van der Waals surface area (Å²) in [5.74, 6) is 0.0190. The molecule has 0 spiro atoms. The van der Waals surface area contributed by atoms with Crippen molar-refractivity contribution in [2.24, 2.45) is 0 Å². The molecule has 0 unspecified atom stereocenters. The van der Waals surface area contributed by atoms with E-state index in [2.05, 4.69) is 100 Å². The normalized spacial score (nSPS) is 24.4. The van der Waals surface area contributed by atoms with Crippen molar-refractivity contribution in [2.75, 3.05) is 13.2 Å². The number of rotatable bonds is 13. The summed E-state index contributed by atoms with van der Waals surface area (Å²) >= 11 is 0. The highest BCUT2D eigenvalue weighted by Gasteiger charge is 2.53. The van der Waals surface area contributed by atoms with E-state index in [0.717, 1.165) is 11.1 Å². The van der Waals surface area contributed by atoms with Gasteiger partial charge in [0.25, 0.3) is 8.32 Å². The first kappa shape index (κ1) is 35.4. The van der Waals surface area contributed by atoms with Crippen LogP contribution >= 0.6 is 0 Å². The van der Waals surface area contributed by atoms with E-state index in [-0.39, 0.29) is 42.2 Å². The van der Waals surface area contributed by atoms with Gasteiger partial charge in [-0.2, -0.15) is 0 Å². The minimum Gasteiger partial charge on any atom is -0.404 e. The fourth-order valence-corrected chi connectivity index (χ4v) is 12.0. The predicted molar refractivity (Wildman–Crippen MR) is 195 cm³/mol. The van der Waals surface area contributed by atoms with Crippen LogP contribution in [0, 0.1) is 0 Å². The molecule has 0 saturated carbocycles. The van der Waals surface area contributed by atoms with Gasteiger partial charge in [0.2, 0.25) is 0 Å². The summed E-state index contributed by atoms with van der Waals surface area (Å²) in [4.78, 5) is 13.8. The highest BCUT2D eigenvalue weighted by atomic mass is 28.4. The molecule has 0 aromatic heterocycles. The summed E-state index contributed by atoms with van der Waals surface area (Å²) in [6.07, 6.45) is -0.0321. The molecule has 4 aromatic carbocycles. The molecule has 6 rings (SSSR count). The fourth-order valence-electron chi connectivity index (χ4n) is 7.41. The highest BCUT2D eigenvalue weighted by Crippen LogP contribution is 2.41. The van der Waals surface area contributed by atoms with Gasteiger partial charge < -0.3 is 23.4 Å². The Bertz CT molecular complexity index is 1570. The van der Waals surface area contributed by atoms with Crippen LogP contribution in [0.5, 0.6) is 0 Å². The summed E-state index contributed by atoms with van der Waals surface area (Å²) in [5.41, 5.74) is 1.59. The maximum atomic E-state index is 13.8. The zero-order chi connectivity index (χ0) is 34.3. The summed E-state index contributed by atoms with van der Waals surface area (Å²) in [5, 5.41) is 2.15. The molecule has 0 bridgehead atoms. The van der Waals surface area contributed by atoms with Gasteiger partial charge in [-0.25, -0.2) is 0 Å². The first-order valence-electron chi connectivity index (χ1n) is 17.6. The number of hydrogen-bond donors (Lipinski definition) is 0. The van der Waals surface area contributed by atoms with Crippen molar-refractivity contribution >= 4 is 24.5 Å². The van der Waals surface area contributed by atoms with E-state index in [0.29, 0.717) is 32.7 Å². The van der Waals surface area contributed by atoms with Gasteiger partial charge in [0.15, 0.2) is 5.78 Å². The third kappa shape index (κ3) is 8.15. The molecule has 0 aliphatic carbocycles. The van der Waals surface area contributed by atoms with Crippen molar-refractivity contribution in [3.63, 3.8) is 0 Å². The van der Waals surface area contributed by atoms with Gasteiger partial charge in [-0.15, -0.1) is 0 Å². The van der Waals surface area contributed by atoms with Gasteiger partial charge in [0, 0.05) is 25.9 Å². The number of hydrogen-bond acceptors (Lipinski definition) is 6. The lowest BCUT2D eigenvalue weighted by atomic mass is 9.83. The number of ether oxygens (including phenoxy) is 4. The molecule has 0 radical (unpaired) electrons. The number of carbonyl (C=O) groups is 1. The van der Waals surface area contributed by atoms with Gasteiger partial charge in [-0.3, -0.25) is 4.79 Å². The topological polar surface area (TPSA) is 63.2 Å². The largest absolute Gasteiger partial charge is 0.404 e. The Labute approximate surface area is 292 Å². The molecule has 0 N–H and O–H groups in total. The minimum absolute atomic E-state index is 0.0190. The van der Waals surface area contributed by atoms with Crippen molar-refractivity contribution < 1.29 is 28.2 Å². The van der Waals surface area contributed by atoms with E-state index in [1.807, 2.05) is 48.5 Å². The van der Waals surface area contributed by atoms with Crippen molar-refractivity contribution in [1.82, 2.24) is 0 Å². The van der Waals surface area contributed by atoms with E-state index in [9.17, 15) is 4.79 Å². The molecule has 2 heterocycles. The van der Waals surface area contributed by atoms with Gasteiger partial charge in [-0.1, -0.05) is 142 Å². The van der Waals surface area contributed by atoms with Gasteiger partial charge in [0.1, 0.15) is 6.10 Å². The Hall–Kier alpha value is -3.43. The second-order valence-electron chi connectivity index (χ2n) is 14.6. The lowest BCUT2D eigenvalue weighted by Gasteiger charge is -2.50. The van der Waals surface area contributed by atoms with Crippen LogP contribution in [0.3, 0.4) is 0 Å². The molecule has 4 aromatic rings. The van der Waals surface area contributed by atoms with Crippen LogP contribution in [0.4, 0.5) is 0 Å². The Morgan fingerprint density at radius 1 is 0.755 bits per heavy atom. The lowest BCUT2D eigenvalue weighted by molar-refractivity contribution is -0.264. The second-order valence-corrected chi connectivity index (χ2v) is 18.9. The van der Waals surface area contributed by atoms with E-state index in [1.165, 1.54) is 10.4 Å². The van der Waals surface area contributed by atoms with Gasteiger partial charge >= 0.3 is 0 Å². The van der Waals surface area contributed by atoms with Crippen LogP contribution in [-0.4, -0.2) is 57.3 Å². The molecule has 258 valence electrons. The maximum Gasteiger partial charge on any atom is 0.261 e. The van der Waals surface area contributed by atoms with E-state index in [4.69, 9.17) is 23.4 Å². The number of fused-ring (bicyclic) bond motifs is 1. The Kier molecular flexibility index (Phi) is 11.3. The van der Waals surface area contributed by atoms with Gasteiger partial charge in [0.05, 0.1) is 43.7 Å². The molecule has 2 fully saturated rings. The third-order valence-electron chi connectivity index (χ3n) is 10.1. The number of Topliss-reactive ketones (excluding diaryl/α,β-unsaturated/α-hetero) is 1. The van der Waals surface area contributed by atoms with Crippen molar-refractivity contribution in [3.05, 3.63) is 132 Å². The fraction of sp³-hybridized carbons (Fsp3) is 0.405. The SMILES string of the molecule is CC(C)(C)[Si](OC[C@@H]1O[C@@H]2C[C@H](OCc3ccccc3)[C@@](C)(CCOCc3ccccc3)O[C@H]2CC1=O)(c1ccccc1)c1ccccc1. The van der Waals surface area contributed by atoms with Crippen LogP contribution in [0.25, 0.3) is 0 Å². The monoisotopic (exact) mass is 678 g/mol. The van der Waals surface area contributed by atoms with E-state index in [1.54, 1.807) is 0 Å². The number of ketones is 1. The Morgan fingerprint density at radius 2 is 1.29 bits per heavy atom. The van der Waals surface area contributed by atoms with Gasteiger partial charge in [-0.05, 0) is 33.5 Å². The average molecular weight is 679 g/mol. The Morgan fingerprint density at radius 3 is 1.84 bits per heavy atom. The first-order chi connectivity index (χ1) is 23.7. The minimum atomic E-state index is -2.84. The standard InChI is InChI=1S/C42H50O6Si/c1-41(2,3)49(34-21-13-7-14-22-34,35-23-15-8-16-24-35)46-31-39-36(43)27-38-37(47-39)28-40(45-30-33-19-11-6-12-20-33)42(4,48-38)25-26-44-29-32-17-9-5-10-18-32/h5-24,37-40H,25-31H2,1-4H3/t37-,38+,39+,40+,42-/m1/s1. The van der Waals surface area contributed by atoms with Crippen molar-refractivity contribution in [2.45, 2.75) is 95.2 Å². The average Bonchev–Trinajstić information content (AvgIpc) is 3.11. The Balaban J connectivity index is 1.18. The van der Waals surface area contributed by atoms with Crippen LogP contribution in [0.2, 0.25) is 5.04 Å². The molecule has 2 aliphatic rings. The quantitative estimate of drug-likeness (QED) is 0.112. The van der Waals surface area contributed by atoms with Crippen molar-refractivity contribution in [3.8, 4) is 0 Å². The molecular weight excluding hydrogens is 629 g/mol. The summed E-state index contributed by atoms with van der Waals surface area (Å²) in [6, 6.07) is 41.4. The summed E-state index contributed by atoms with van der Waals surface area (Å²) < 4.78 is 33.3. The number of benzene rings is 4. The van der Waals surface area contributed by atoms with Crippen LogP contribution in [0.1, 0.15) is 58.1 Å². The summed E-state index contributed by atoms with van der Waals surface area (Å²) in [7, 11) is -2.84. The van der Waals surface area contributed by atoms with Crippen LogP contribution in [0.15, 0.2) is 121 Å². The maximum absolute atomic E-state index is 13.8. The van der Waals surface area contributed by atoms with Crippen LogP contribution < -0.4 is 10.4 Å². The number of carbonyl (C=O) groups excluding carboxylic acids is 1. The third-order valence-corrected chi connectivity index (χ3v) is 15.1. The first-order valence-corrected chi connectivity index (χ1v) is 19.5. The zero-order valence-corrected chi connectivity index (χ0v) is 30.3. The molecular formula is C42H50O6Si. The molecule has 0 amide bonds. The lowest BCUT2D eigenvalue weighted by Crippen LogP contribution is -2.67.